The molecule has 0 atom stereocenters. The molecule has 4 rings (SSSR count). The highest BCUT2D eigenvalue weighted by Gasteiger charge is 2.23. The van der Waals surface area contributed by atoms with Gasteiger partial charge >= 0.3 is 5.76 Å². The van der Waals surface area contributed by atoms with Crippen molar-refractivity contribution < 1.29 is 4.52 Å². The molecule has 1 fully saturated rings. The van der Waals surface area contributed by atoms with Gasteiger partial charge in [0.1, 0.15) is 6.07 Å². The highest BCUT2D eigenvalue weighted by molar-refractivity contribution is 5.89. The van der Waals surface area contributed by atoms with Crippen LogP contribution >= 0.6 is 0 Å². The van der Waals surface area contributed by atoms with Crippen molar-refractivity contribution in [1.82, 2.24) is 14.7 Å². The second-order valence-corrected chi connectivity index (χ2v) is 5.43. The van der Waals surface area contributed by atoms with E-state index in [0.29, 0.717) is 17.3 Å². The van der Waals surface area contributed by atoms with Crippen LogP contribution in [0.5, 0.6) is 0 Å². The molecule has 0 spiro atoms. The van der Waals surface area contributed by atoms with Gasteiger partial charge < -0.3 is 4.57 Å². The molecule has 1 aliphatic rings. The Hall–Kier alpha value is -2.81. The lowest BCUT2D eigenvalue weighted by molar-refractivity contribution is 0.388. The third-order valence-electron chi connectivity index (χ3n) is 3.87. The van der Waals surface area contributed by atoms with E-state index in [2.05, 4.69) is 25.3 Å². The van der Waals surface area contributed by atoms with E-state index in [0.717, 1.165) is 23.0 Å². The van der Waals surface area contributed by atoms with Gasteiger partial charge in [0.05, 0.1) is 11.1 Å². The SMILES string of the molecule is N#Cc1cn(CC2CC2)c2cc(-c3noc(=O)[nH]3)ccc12. The minimum Gasteiger partial charge on any atom is -0.346 e. The van der Waals surface area contributed by atoms with Crippen LogP contribution in [0.15, 0.2) is 33.7 Å². The number of nitrogens with zero attached hydrogens (tertiary/aromatic N) is 3. The number of aromatic amines is 1. The minimum absolute atomic E-state index is 0.402. The number of hydrogen-bond acceptors (Lipinski definition) is 4. The monoisotopic (exact) mass is 280 g/mol. The Kier molecular flexibility index (Phi) is 2.48. The summed E-state index contributed by atoms with van der Waals surface area (Å²) < 4.78 is 6.66. The van der Waals surface area contributed by atoms with E-state index in [1.807, 2.05) is 24.4 Å². The molecule has 6 nitrogen and oxygen atoms in total. The van der Waals surface area contributed by atoms with Gasteiger partial charge in [0.25, 0.3) is 0 Å². The zero-order valence-corrected chi connectivity index (χ0v) is 11.2. The van der Waals surface area contributed by atoms with Gasteiger partial charge in [0.15, 0.2) is 5.82 Å². The number of rotatable bonds is 3. The summed E-state index contributed by atoms with van der Waals surface area (Å²) in [4.78, 5) is 13.6. The number of hydrogen-bond donors (Lipinski definition) is 1. The van der Waals surface area contributed by atoms with Crippen molar-refractivity contribution in [2.24, 2.45) is 5.92 Å². The van der Waals surface area contributed by atoms with E-state index in [4.69, 9.17) is 0 Å². The van der Waals surface area contributed by atoms with Crippen LogP contribution in [-0.2, 0) is 6.54 Å². The molecule has 0 unspecified atom stereocenters. The summed E-state index contributed by atoms with van der Waals surface area (Å²) in [7, 11) is 0. The van der Waals surface area contributed by atoms with Crippen molar-refractivity contribution in [3.8, 4) is 17.5 Å². The predicted octanol–water partition coefficient (Wildman–Crippen LogP) is 2.27. The average Bonchev–Trinajstić information content (AvgIpc) is 3.10. The van der Waals surface area contributed by atoms with E-state index in [1.54, 1.807) is 0 Å². The number of H-pyrrole nitrogens is 1. The van der Waals surface area contributed by atoms with Crippen molar-refractivity contribution >= 4 is 10.9 Å². The highest BCUT2D eigenvalue weighted by atomic mass is 16.5. The molecule has 6 heteroatoms. The van der Waals surface area contributed by atoms with Crippen LogP contribution in [0.25, 0.3) is 22.3 Å². The van der Waals surface area contributed by atoms with Gasteiger partial charge in [0, 0.05) is 23.7 Å². The van der Waals surface area contributed by atoms with Crippen molar-refractivity contribution in [3.05, 3.63) is 40.5 Å². The summed E-state index contributed by atoms with van der Waals surface area (Å²) in [5.74, 6) is 0.540. The quantitative estimate of drug-likeness (QED) is 0.797. The maximum Gasteiger partial charge on any atom is 0.439 e. The Labute approximate surface area is 119 Å². The molecule has 0 aliphatic heterocycles. The number of benzene rings is 1. The Morgan fingerprint density at radius 3 is 3.00 bits per heavy atom. The van der Waals surface area contributed by atoms with E-state index in [1.165, 1.54) is 12.8 Å². The van der Waals surface area contributed by atoms with Gasteiger partial charge in [-0.05, 0) is 24.8 Å². The molecule has 1 aliphatic carbocycles. The second kappa shape index (κ2) is 4.35. The number of nitrogens with one attached hydrogen (secondary N) is 1. The Morgan fingerprint density at radius 2 is 2.33 bits per heavy atom. The first-order valence-electron chi connectivity index (χ1n) is 6.84. The average molecular weight is 280 g/mol. The van der Waals surface area contributed by atoms with Gasteiger partial charge in [-0.15, -0.1) is 0 Å². The summed E-state index contributed by atoms with van der Waals surface area (Å²) in [5.41, 5.74) is 2.43. The van der Waals surface area contributed by atoms with Crippen molar-refractivity contribution in [2.45, 2.75) is 19.4 Å². The fraction of sp³-hybridized carbons (Fsp3) is 0.267. The van der Waals surface area contributed by atoms with E-state index in [-0.39, 0.29) is 0 Å². The maximum absolute atomic E-state index is 11.1. The van der Waals surface area contributed by atoms with Gasteiger partial charge in [-0.1, -0.05) is 17.3 Å². The van der Waals surface area contributed by atoms with Gasteiger partial charge in [-0.25, -0.2) is 4.79 Å². The van der Waals surface area contributed by atoms with Crippen LogP contribution < -0.4 is 5.76 Å². The third-order valence-corrected chi connectivity index (χ3v) is 3.87. The van der Waals surface area contributed by atoms with Gasteiger partial charge in [0.2, 0.25) is 0 Å². The molecule has 0 saturated heterocycles. The highest BCUT2D eigenvalue weighted by Crippen LogP contribution is 2.33. The largest absolute Gasteiger partial charge is 0.439 e. The van der Waals surface area contributed by atoms with Crippen LogP contribution in [0.3, 0.4) is 0 Å². The first-order chi connectivity index (χ1) is 10.2. The van der Waals surface area contributed by atoms with Crippen molar-refractivity contribution in [2.75, 3.05) is 0 Å². The standard InChI is InChI=1S/C15H12N4O2/c16-6-11-8-19(7-9-1-2-9)13-5-10(3-4-12(11)13)14-17-15(20)21-18-14/h3-5,8-9H,1-2,7H2,(H,17,18,20). The van der Waals surface area contributed by atoms with Crippen molar-refractivity contribution in [3.63, 3.8) is 0 Å². The lowest BCUT2D eigenvalue weighted by atomic mass is 10.1. The topological polar surface area (TPSA) is 87.6 Å². The molecular formula is C15H12N4O2. The van der Waals surface area contributed by atoms with Crippen LogP contribution in [0, 0.1) is 17.2 Å². The van der Waals surface area contributed by atoms with E-state index < -0.39 is 5.76 Å². The number of aromatic nitrogens is 3. The fourth-order valence-electron chi connectivity index (χ4n) is 2.61. The van der Waals surface area contributed by atoms with Crippen LogP contribution in [0.1, 0.15) is 18.4 Å². The smallest absolute Gasteiger partial charge is 0.346 e. The zero-order valence-electron chi connectivity index (χ0n) is 11.2. The lowest BCUT2D eigenvalue weighted by Gasteiger charge is -2.04. The van der Waals surface area contributed by atoms with Crippen LogP contribution in [0.4, 0.5) is 0 Å². The molecule has 0 amide bonds. The zero-order chi connectivity index (χ0) is 14.4. The Balaban J connectivity index is 1.88. The summed E-state index contributed by atoms with van der Waals surface area (Å²) in [5, 5.41) is 13.9. The number of fused-ring (bicyclic) bond motifs is 1. The normalized spacial score (nSPS) is 14.4. The van der Waals surface area contributed by atoms with Gasteiger partial charge in [-0.3, -0.25) is 9.51 Å². The maximum atomic E-state index is 11.1. The van der Waals surface area contributed by atoms with Gasteiger partial charge in [-0.2, -0.15) is 5.26 Å². The molecule has 0 bridgehead atoms. The van der Waals surface area contributed by atoms with E-state index >= 15 is 0 Å². The summed E-state index contributed by atoms with van der Waals surface area (Å²) in [6.07, 6.45) is 4.40. The molecule has 2 heterocycles. The van der Waals surface area contributed by atoms with Crippen LogP contribution in [0.2, 0.25) is 0 Å². The summed E-state index contributed by atoms with van der Waals surface area (Å²) in [6, 6.07) is 7.89. The molecule has 3 aromatic rings. The Morgan fingerprint density at radius 1 is 1.48 bits per heavy atom. The molecule has 1 aromatic carbocycles. The third kappa shape index (κ3) is 2.03. The lowest BCUT2D eigenvalue weighted by Crippen LogP contribution is -1.98. The summed E-state index contributed by atoms with van der Waals surface area (Å²) in [6.45, 7) is 0.928. The van der Waals surface area contributed by atoms with Crippen LogP contribution in [-0.4, -0.2) is 14.7 Å². The molecule has 0 radical (unpaired) electrons. The number of nitriles is 1. The molecule has 21 heavy (non-hydrogen) atoms. The first kappa shape index (κ1) is 12.0. The predicted molar refractivity (Wildman–Crippen MR) is 75.5 cm³/mol. The van der Waals surface area contributed by atoms with E-state index in [9.17, 15) is 10.1 Å². The molecule has 1 saturated carbocycles. The Bertz CT molecular complexity index is 921. The molecule has 104 valence electrons. The summed E-state index contributed by atoms with van der Waals surface area (Å²) >= 11 is 0. The molecule has 2 aromatic heterocycles. The fourth-order valence-corrected chi connectivity index (χ4v) is 2.61. The molecular weight excluding hydrogens is 268 g/mol. The van der Waals surface area contributed by atoms with Crippen molar-refractivity contribution in [1.29, 1.82) is 5.26 Å². The first-order valence-corrected chi connectivity index (χ1v) is 6.84. The minimum atomic E-state index is -0.573. The second-order valence-electron chi connectivity index (χ2n) is 5.43. The molecule has 1 N–H and O–H groups in total.